The molecule has 1 heterocycles. The zero-order valence-corrected chi connectivity index (χ0v) is 11.9. The highest BCUT2D eigenvalue weighted by atomic mass is 16.5. The van der Waals surface area contributed by atoms with E-state index in [-0.39, 0.29) is 6.04 Å². The Morgan fingerprint density at radius 2 is 1.79 bits per heavy atom. The van der Waals surface area contributed by atoms with Gasteiger partial charge in [0.1, 0.15) is 0 Å². The molecule has 0 radical (unpaired) electrons. The molecule has 2 N–H and O–H groups in total. The minimum Gasteiger partial charge on any atom is -0.493 e. The number of ether oxygens (including phenoxy) is 2. The Hall–Kier alpha value is -1.26. The molecule has 1 atom stereocenters. The first-order chi connectivity index (χ1) is 9.30. The van der Waals surface area contributed by atoms with Gasteiger partial charge in [-0.3, -0.25) is 4.90 Å². The van der Waals surface area contributed by atoms with Gasteiger partial charge in [-0.1, -0.05) is 12.5 Å². The summed E-state index contributed by atoms with van der Waals surface area (Å²) in [5, 5.41) is 0. The van der Waals surface area contributed by atoms with Gasteiger partial charge < -0.3 is 15.2 Å². The number of piperidine rings is 1. The highest BCUT2D eigenvalue weighted by Crippen LogP contribution is 2.32. The molecular formula is C15H24N2O2. The molecule has 1 aliphatic heterocycles. The van der Waals surface area contributed by atoms with Gasteiger partial charge in [-0.2, -0.15) is 0 Å². The van der Waals surface area contributed by atoms with Crippen LogP contribution in [0.25, 0.3) is 0 Å². The molecule has 4 nitrogen and oxygen atoms in total. The number of nitrogens with two attached hydrogens (primary N) is 1. The molecule has 0 amide bonds. The second-order valence-corrected chi connectivity index (χ2v) is 4.96. The van der Waals surface area contributed by atoms with Gasteiger partial charge in [-0.05, 0) is 43.6 Å². The molecule has 0 spiro atoms. The van der Waals surface area contributed by atoms with Crippen LogP contribution in [0.1, 0.15) is 30.9 Å². The summed E-state index contributed by atoms with van der Waals surface area (Å²) in [5.74, 6) is 1.54. The van der Waals surface area contributed by atoms with Crippen LogP contribution in [0, 0.1) is 0 Å². The summed E-state index contributed by atoms with van der Waals surface area (Å²) in [6, 6.07) is 6.37. The van der Waals surface area contributed by atoms with Crippen LogP contribution in [0.5, 0.6) is 11.5 Å². The summed E-state index contributed by atoms with van der Waals surface area (Å²) in [5.41, 5.74) is 7.19. The SMILES string of the molecule is COc1ccc([C@@H](CN)N2CCCCC2)cc1OC. The maximum Gasteiger partial charge on any atom is 0.161 e. The van der Waals surface area contributed by atoms with Crippen molar-refractivity contribution < 1.29 is 9.47 Å². The first kappa shape index (κ1) is 14.2. The molecule has 4 heteroatoms. The van der Waals surface area contributed by atoms with Gasteiger partial charge in [0.15, 0.2) is 11.5 Å². The summed E-state index contributed by atoms with van der Waals surface area (Å²) >= 11 is 0. The van der Waals surface area contributed by atoms with E-state index in [1.54, 1.807) is 14.2 Å². The lowest BCUT2D eigenvalue weighted by Crippen LogP contribution is -2.37. The molecule has 0 aliphatic carbocycles. The topological polar surface area (TPSA) is 47.7 Å². The second kappa shape index (κ2) is 6.78. The van der Waals surface area contributed by atoms with Crippen molar-refractivity contribution in [1.82, 2.24) is 4.90 Å². The normalized spacial score (nSPS) is 18.1. The molecule has 106 valence electrons. The van der Waals surface area contributed by atoms with Crippen LogP contribution in [0.3, 0.4) is 0 Å². The number of benzene rings is 1. The Bertz CT molecular complexity index is 403. The van der Waals surface area contributed by atoms with E-state index < -0.39 is 0 Å². The molecule has 0 saturated carbocycles. The van der Waals surface area contributed by atoms with Crippen molar-refractivity contribution in [1.29, 1.82) is 0 Å². The minimum atomic E-state index is 0.278. The fourth-order valence-corrected chi connectivity index (χ4v) is 2.79. The Morgan fingerprint density at radius 1 is 1.11 bits per heavy atom. The van der Waals surface area contributed by atoms with Gasteiger partial charge in [-0.15, -0.1) is 0 Å². The number of likely N-dealkylation sites (tertiary alicyclic amines) is 1. The predicted molar refractivity (Wildman–Crippen MR) is 76.8 cm³/mol. The average molecular weight is 264 g/mol. The largest absolute Gasteiger partial charge is 0.493 e. The van der Waals surface area contributed by atoms with Crippen LogP contribution in [-0.2, 0) is 0 Å². The highest BCUT2D eigenvalue weighted by Gasteiger charge is 2.22. The zero-order valence-electron chi connectivity index (χ0n) is 11.9. The van der Waals surface area contributed by atoms with Crippen LogP contribution < -0.4 is 15.2 Å². The minimum absolute atomic E-state index is 0.278. The third kappa shape index (κ3) is 3.19. The molecular weight excluding hydrogens is 240 g/mol. The fourth-order valence-electron chi connectivity index (χ4n) is 2.79. The Morgan fingerprint density at radius 3 is 2.37 bits per heavy atom. The lowest BCUT2D eigenvalue weighted by Gasteiger charge is -2.34. The predicted octanol–water partition coefficient (Wildman–Crippen LogP) is 2.19. The summed E-state index contributed by atoms with van der Waals surface area (Å²) in [7, 11) is 3.32. The molecule has 0 bridgehead atoms. The molecule has 1 fully saturated rings. The van der Waals surface area contributed by atoms with Crippen molar-refractivity contribution in [2.24, 2.45) is 5.73 Å². The van der Waals surface area contributed by atoms with E-state index >= 15 is 0 Å². The number of nitrogens with zero attached hydrogens (tertiary/aromatic N) is 1. The van der Waals surface area contributed by atoms with Gasteiger partial charge >= 0.3 is 0 Å². The van der Waals surface area contributed by atoms with Crippen LogP contribution in [0.2, 0.25) is 0 Å². The monoisotopic (exact) mass is 264 g/mol. The van der Waals surface area contributed by atoms with Crippen molar-refractivity contribution in [2.45, 2.75) is 25.3 Å². The maximum absolute atomic E-state index is 5.98. The van der Waals surface area contributed by atoms with Gasteiger partial charge in [-0.25, -0.2) is 0 Å². The summed E-state index contributed by atoms with van der Waals surface area (Å²) in [6.45, 7) is 2.90. The standard InChI is InChI=1S/C15H24N2O2/c1-18-14-7-6-12(10-15(14)19-2)13(11-16)17-8-4-3-5-9-17/h6-7,10,13H,3-5,8-9,11,16H2,1-2H3/t13-/m1/s1. The van der Waals surface area contributed by atoms with Gasteiger partial charge in [0, 0.05) is 12.6 Å². The second-order valence-electron chi connectivity index (χ2n) is 4.96. The van der Waals surface area contributed by atoms with Crippen molar-refractivity contribution in [3.63, 3.8) is 0 Å². The van der Waals surface area contributed by atoms with Gasteiger partial charge in [0.05, 0.1) is 14.2 Å². The number of hydrogen-bond acceptors (Lipinski definition) is 4. The molecule has 1 saturated heterocycles. The fraction of sp³-hybridized carbons (Fsp3) is 0.600. The number of hydrogen-bond donors (Lipinski definition) is 1. The summed E-state index contributed by atoms with van der Waals surface area (Å²) in [4.78, 5) is 2.48. The van der Waals surface area contributed by atoms with E-state index in [4.69, 9.17) is 15.2 Å². The first-order valence-corrected chi connectivity index (χ1v) is 6.96. The number of rotatable bonds is 5. The molecule has 1 aromatic rings. The smallest absolute Gasteiger partial charge is 0.161 e. The summed E-state index contributed by atoms with van der Waals surface area (Å²) < 4.78 is 10.7. The first-order valence-electron chi connectivity index (χ1n) is 6.96. The third-order valence-electron chi connectivity index (χ3n) is 3.85. The molecule has 0 unspecified atom stereocenters. The Labute approximate surface area is 115 Å². The Balaban J connectivity index is 2.22. The van der Waals surface area contributed by atoms with Crippen molar-refractivity contribution in [3.05, 3.63) is 23.8 Å². The van der Waals surface area contributed by atoms with Crippen LogP contribution >= 0.6 is 0 Å². The van der Waals surface area contributed by atoms with Crippen molar-refractivity contribution in [3.8, 4) is 11.5 Å². The molecule has 2 rings (SSSR count). The number of methoxy groups -OCH3 is 2. The van der Waals surface area contributed by atoms with E-state index in [2.05, 4.69) is 11.0 Å². The quantitative estimate of drug-likeness (QED) is 0.885. The lowest BCUT2D eigenvalue weighted by atomic mass is 10.0. The van der Waals surface area contributed by atoms with Gasteiger partial charge in [0.2, 0.25) is 0 Å². The van der Waals surface area contributed by atoms with Crippen molar-refractivity contribution >= 4 is 0 Å². The van der Waals surface area contributed by atoms with Crippen LogP contribution in [-0.4, -0.2) is 38.8 Å². The molecule has 1 aliphatic rings. The average Bonchev–Trinajstić information content (AvgIpc) is 2.49. The van der Waals surface area contributed by atoms with Gasteiger partial charge in [0.25, 0.3) is 0 Å². The Kier molecular flexibility index (Phi) is 5.05. The van der Waals surface area contributed by atoms with E-state index in [9.17, 15) is 0 Å². The van der Waals surface area contributed by atoms with Crippen LogP contribution in [0.15, 0.2) is 18.2 Å². The summed E-state index contributed by atoms with van der Waals surface area (Å²) in [6.07, 6.45) is 3.87. The van der Waals surface area contributed by atoms with Crippen LogP contribution in [0.4, 0.5) is 0 Å². The third-order valence-corrected chi connectivity index (χ3v) is 3.85. The van der Waals surface area contributed by atoms with E-state index in [1.807, 2.05) is 12.1 Å². The van der Waals surface area contributed by atoms with E-state index in [0.717, 1.165) is 24.6 Å². The highest BCUT2D eigenvalue weighted by molar-refractivity contribution is 5.43. The zero-order chi connectivity index (χ0) is 13.7. The molecule has 1 aromatic carbocycles. The van der Waals surface area contributed by atoms with Crippen molar-refractivity contribution in [2.75, 3.05) is 33.9 Å². The van der Waals surface area contributed by atoms with E-state index in [0.29, 0.717) is 6.54 Å². The van der Waals surface area contributed by atoms with E-state index in [1.165, 1.54) is 24.8 Å². The lowest BCUT2D eigenvalue weighted by molar-refractivity contribution is 0.167. The molecule has 19 heavy (non-hydrogen) atoms. The maximum atomic E-state index is 5.98. The molecule has 0 aromatic heterocycles.